The highest BCUT2D eigenvalue weighted by Gasteiger charge is 2.24. The van der Waals surface area contributed by atoms with E-state index in [9.17, 15) is 0 Å². The molecular formula is C38H35N5. The predicted molar refractivity (Wildman–Crippen MR) is 178 cm³/mol. The molecule has 0 spiro atoms. The lowest BCUT2D eigenvalue weighted by Gasteiger charge is -2.26. The minimum Gasteiger partial charge on any atom is -0.344 e. The summed E-state index contributed by atoms with van der Waals surface area (Å²) in [5.74, 6) is 0.916. The lowest BCUT2D eigenvalue weighted by Crippen LogP contribution is -2.19. The molecule has 0 fully saturated rings. The van der Waals surface area contributed by atoms with E-state index in [0.29, 0.717) is 0 Å². The van der Waals surface area contributed by atoms with Gasteiger partial charge in [-0.05, 0) is 79.6 Å². The first kappa shape index (κ1) is 26.7. The number of nitrogens with zero attached hydrogens (tertiary/aromatic N) is 5. The smallest absolute Gasteiger partial charge is 0.137 e. The molecule has 0 radical (unpaired) electrons. The monoisotopic (exact) mass is 561 g/mol. The third-order valence-corrected chi connectivity index (χ3v) is 8.71. The van der Waals surface area contributed by atoms with Gasteiger partial charge in [-0.25, -0.2) is 9.67 Å². The van der Waals surface area contributed by atoms with Gasteiger partial charge in [0.15, 0.2) is 0 Å². The Hall–Kier alpha value is -5.16. The molecule has 5 nitrogen and oxygen atoms in total. The Morgan fingerprint density at radius 2 is 1.40 bits per heavy atom. The van der Waals surface area contributed by atoms with Gasteiger partial charge in [-0.15, -0.1) is 0 Å². The first-order chi connectivity index (χ1) is 20.8. The number of anilines is 2. The topological polar surface area (TPSA) is 38.9 Å². The van der Waals surface area contributed by atoms with Crippen LogP contribution in [-0.2, 0) is 5.41 Å². The molecule has 0 N–H and O–H groups in total. The van der Waals surface area contributed by atoms with Crippen LogP contribution < -0.4 is 4.90 Å². The second kappa shape index (κ2) is 10.3. The maximum absolute atomic E-state index is 4.92. The van der Waals surface area contributed by atoms with Gasteiger partial charge in [-0.3, -0.25) is 4.57 Å². The van der Waals surface area contributed by atoms with E-state index in [1.54, 1.807) is 0 Å². The van der Waals surface area contributed by atoms with Crippen LogP contribution in [0.3, 0.4) is 0 Å². The molecule has 0 amide bonds. The zero-order valence-electron chi connectivity index (χ0n) is 25.3. The van der Waals surface area contributed by atoms with Crippen molar-refractivity contribution < 1.29 is 0 Å². The largest absolute Gasteiger partial charge is 0.344 e. The molecule has 0 saturated heterocycles. The van der Waals surface area contributed by atoms with Crippen molar-refractivity contribution in [1.82, 2.24) is 19.3 Å². The molecule has 212 valence electrons. The van der Waals surface area contributed by atoms with Crippen LogP contribution in [0.1, 0.15) is 36.4 Å². The van der Waals surface area contributed by atoms with Crippen molar-refractivity contribution in [2.75, 3.05) is 11.9 Å². The van der Waals surface area contributed by atoms with E-state index in [4.69, 9.17) is 10.1 Å². The Morgan fingerprint density at radius 1 is 0.651 bits per heavy atom. The standard InChI is InChI=1S/C38H35N5/c1-26-22-27(2)43(40-26)32-15-11-14-30(24-32)41(5)31-18-19-34-33-16-9-10-17-35(33)42(36(34)25-31)37-23-29(20-21-39-37)38(3,4)28-12-7-6-8-13-28/h6-25H,1-5H3. The highest BCUT2D eigenvalue weighted by atomic mass is 15.3. The summed E-state index contributed by atoms with van der Waals surface area (Å²) in [4.78, 5) is 7.15. The molecular weight excluding hydrogens is 526 g/mol. The fraction of sp³-hybridized carbons (Fsp3) is 0.158. The fourth-order valence-electron chi connectivity index (χ4n) is 6.24. The van der Waals surface area contributed by atoms with E-state index in [1.165, 1.54) is 21.9 Å². The van der Waals surface area contributed by atoms with Crippen molar-refractivity contribution in [3.8, 4) is 11.5 Å². The number of hydrogen-bond donors (Lipinski definition) is 0. The van der Waals surface area contributed by atoms with E-state index in [-0.39, 0.29) is 5.41 Å². The van der Waals surface area contributed by atoms with Crippen molar-refractivity contribution in [3.63, 3.8) is 0 Å². The number of aromatic nitrogens is 4. The van der Waals surface area contributed by atoms with Crippen molar-refractivity contribution in [2.45, 2.75) is 33.1 Å². The summed E-state index contributed by atoms with van der Waals surface area (Å²) in [5, 5.41) is 7.12. The Labute approximate surface area is 252 Å². The van der Waals surface area contributed by atoms with Gasteiger partial charge < -0.3 is 4.90 Å². The number of benzene rings is 4. The summed E-state index contributed by atoms with van der Waals surface area (Å²) in [6, 6.07) is 41.0. The average Bonchev–Trinajstić information content (AvgIpc) is 3.56. The molecule has 0 aliphatic heterocycles. The van der Waals surface area contributed by atoms with Gasteiger partial charge in [0.25, 0.3) is 0 Å². The first-order valence-corrected chi connectivity index (χ1v) is 14.7. The SMILES string of the molecule is Cc1cc(C)n(-c2cccc(N(C)c3ccc4c5ccccc5n(-c5cc(C(C)(C)c6ccccc6)ccn5)c4c3)c2)n1. The number of fused-ring (bicyclic) bond motifs is 3. The molecule has 0 atom stereocenters. The summed E-state index contributed by atoms with van der Waals surface area (Å²) in [7, 11) is 2.12. The summed E-state index contributed by atoms with van der Waals surface area (Å²) in [6.45, 7) is 8.68. The third kappa shape index (κ3) is 4.58. The van der Waals surface area contributed by atoms with E-state index < -0.39 is 0 Å². The van der Waals surface area contributed by atoms with Gasteiger partial charge in [0.1, 0.15) is 5.82 Å². The summed E-state index contributed by atoms with van der Waals surface area (Å²) < 4.78 is 4.31. The molecule has 0 saturated carbocycles. The number of pyridine rings is 1. The Morgan fingerprint density at radius 3 is 2.19 bits per heavy atom. The van der Waals surface area contributed by atoms with E-state index >= 15 is 0 Å². The third-order valence-electron chi connectivity index (χ3n) is 8.71. The normalized spacial score (nSPS) is 11.8. The van der Waals surface area contributed by atoms with Gasteiger partial charge in [0.05, 0.1) is 22.4 Å². The average molecular weight is 562 g/mol. The highest BCUT2D eigenvalue weighted by Crippen LogP contribution is 2.37. The molecule has 0 aliphatic rings. The van der Waals surface area contributed by atoms with Gasteiger partial charge >= 0.3 is 0 Å². The molecule has 5 heteroatoms. The second-order valence-corrected chi connectivity index (χ2v) is 11.9. The molecule has 0 unspecified atom stereocenters. The van der Waals surface area contributed by atoms with Crippen LogP contribution in [0.5, 0.6) is 0 Å². The van der Waals surface area contributed by atoms with Crippen LogP contribution in [0.25, 0.3) is 33.3 Å². The predicted octanol–water partition coefficient (Wildman–Crippen LogP) is 9.08. The van der Waals surface area contributed by atoms with Crippen LogP contribution in [0, 0.1) is 13.8 Å². The maximum Gasteiger partial charge on any atom is 0.137 e. The molecule has 3 aromatic heterocycles. The summed E-state index contributed by atoms with van der Waals surface area (Å²) >= 11 is 0. The van der Waals surface area contributed by atoms with Crippen molar-refractivity contribution in [3.05, 3.63) is 144 Å². The Kier molecular flexibility index (Phi) is 6.39. The molecule has 7 aromatic rings. The van der Waals surface area contributed by atoms with Crippen LogP contribution in [0.4, 0.5) is 11.4 Å². The second-order valence-electron chi connectivity index (χ2n) is 11.9. The molecule has 7 rings (SSSR count). The lowest BCUT2D eigenvalue weighted by molar-refractivity contribution is 0.639. The van der Waals surface area contributed by atoms with Crippen LogP contribution in [-0.4, -0.2) is 26.4 Å². The zero-order valence-corrected chi connectivity index (χ0v) is 25.3. The molecule has 0 aliphatic carbocycles. The van der Waals surface area contributed by atoms with Gasteiger partial charge in [-0.2, -0.15) is 5.10 Å². The van der Waals surface area contributed by atoms with Crippen LogP contribution >= 0.6 is 0 Å². The van der Waals surface area contributed by atoms with Crippen molar-refractivity contribution >= 4 is 33.2 Å². The number of aryl methyl sites for hydroxylation is 2. The van der Waals surface area contributed by atoms with Gasteiger partial charge in [0, 0.05) is 46.5 Å². The molecule has 43 heavy (non-hydrogen) atoms. The van der Waals surface area contributed by atoms with Gasteiger partial charge in [-0.1, -0.05) is 74.5 Å². The van der Waals surface area contributed by atoms with E-state index in [0.717, 1.165) is 45.3 Å². The minimum absolute atomic E-state index is 0.167. The van der Waals surface area contributed by atoms with E-state index in [2.05, 4.69) is 153 Å². The molecule has 3 heterocycles. The molecule has 4 aromatic carbocycles. The summed E-state index contributed by atoms with van der Waals surface area (Å²) in [5.41, 5.74) is 9.98. The first-order valence-electron chi connectivity index (χ1n) is 14.7. The van der Waals surface area contributed by atoms with Crippen molar-refractivity contribution in [2.24, 2.45) is 0 Å². The molecule has 0 bridgehead atoms. The Bertz CT molecular complexity index is 2100. The summed E-state index contributed by atoms with van der Waals surface area (Å²) in [6.07, 6.45) is 1.94. The zero-order chi connectivity index (χ0) is 29.7. The maximum atomic E-state index is 4.92. The van der Waals surface area contributed by atoms with Crippen molar-refractivity contribution in [1.29, 1.82) is 0 Å². The highest BCUT2D eigenvalue weighted by molar-refractivity contribution is 6.10. The lowest BCUT2D eigenvalue weighted by atomic mass is 9.78. The Balaban J connectivity index is 1.35. The van der Waals surface area contributed by atoms with Gasteiger partial charge in [0.2, 0.25) is 0 Å². The fourth-order valence-corrected chi connectivity index (χ4v) is 6.24. The van der Waals surface area contributed by atoms with E-state index in [1.807, 2.05) is 17.8 Å². The number of para-hydroxylation sites is 1. The minimum atomic E-state index is -0.167. The van der Waals surface area contributed by atoms with Crippen LogP contribution in [0.2, 0.25) is 0 Å². The number of hydrogen-bond acceptors (Lipinski definition) is 3. The quantitative estimate of drug-likeness (QED) is 0.203. The van der Waals surface area contributed by atoms with Crippen LogP contribution in [0.15, 0.2) is 121 Å². The number of rotatable bonds is 6.